The molecule has 9 nitrogen and oxygen atoms in total. The van der Waals surface area contributed by atoms with E-state index in [2.05, 4.69) is 120 Å². The summed E-state index contributed by atoms with van der Waals surface area (Å²) in [5.74, 6) is 7.10. The van der Waals surface area contributed by atoms with Gasteiger partial charge in [-0.1, -0.05) is 71.9 Å². The zero-order valence-electron chi connectivity index (χ0n) is 45.7. The van der Waals surface area contributed by atoms with Gasteiger partial charge in [-0.15, -0.1) is 0 Å². The molecule has 12 rings (SSSR count). The smallest absolute Gasteiger partial charge is 0.194 e. The van der Waals surface area contributed by atoms with Gasteiger partial charge in [-0.3, -0.25) is 4.98 Å². The van der Waals surface area contributed by atoms with Crippen LogP contribution in [0.3, 0.4) is 0 Å². The second kappa shape index (κ2) is 21.9. The summed E-state index contributed by atoms with van der Waals surface area (Å²) in [4.78, 5) is 30.4. The van der Waals surface area contributed by atoms with Crippen LogP contribution in [0.4, 0.5) is 0 Å². The quantitative estimate of drug-likeness (QED) is 0.0989. The number of para-hydroxylation sites is 1. The third-order valence-electron chi connectivity index (χ3n) is 17.7. The predicted octanol–water partition coefficient (Wildman–Crippen LogP) is 17.6. The van der Waals surface area contributed by atoms with Crippen molar-refractivity contribution in [1.82, 2.24) is 29.9 Å². The summed E-state index contributed by atoms with van der Waals surface area (Å²) in [6.07, 6.45) is 25.1. The van der Waals surface area contributed by atoms with E-state index in [1.54, 1.807) is 0 Å². The normalized spacial score (nSPS) is 21.5. The van der Waals surface area contributed by atoms with Gasteiger partial charge in [-0.2, -0.15) is 0 Å². The van der Waals surface area contributed by atoms with Crippen LogP contribution >= 0.6 is 0 Å². The first kappa shape index (κ1) is 50.3. The SMILES string of the molecule is CC(C)Cc1coc(CC2CCC(c3cc(-c4ccc5nc(-c6ccc7nccc(C8CCC(Cc9nc(C(C)C)co9)CC8)c7c6)cc(C6CCC(Cc7nc(C(C)C)co7)CC6)c5c4)nc4ccccc34)CC2)n1. The molecule has 3 aliphatic rings. The van der Waals surface area contributed by atoms with Crippen molar-refractivity contribution in [3.63, 3.8) is 0 Å². The summed E-state index contributed by atoms with van der Waals surface area (Å²) in [7, 11) is 0. The van der Waals surface area contributed by atoms with Gasteiger partial charge in [0, 0.05) is 52.7 Å². The molecule has 9 heteroatoms. The molecule has 3 fully saturated rings. The molecule has 0 aliphatic heterocycles. The summed E-state index contributed by atoms with van der Waals surface area (Å²) in [6, 6.07) is 29.7. The lowest BCUT2D eigenvalue weighted by Gasteiger charge is -2.30. The highest BCUT2D eigenvalue weighted by atomic mass is 16.3. The van der Waals surface area contributed by atoms with Crippen LogP contribution in [0.1, 0.15) is 200 Å². The van der Waals surface area contributed by atoms with Crippen molar-refractivity contribution in [3.8, 4) is 22.5 Å². The van der Waals surface area contributed by atoms with Gasteiger partial charge < -0.3 is 13.3 Å². The molecule has 0 N–H and O–H groups in total. The van der Waals surface area contributed by atoms with Gasteiger partial charge in [0.25, 0.3) is 0 Å². The molecule has 0 amide bonds. The number of nitrogens with zero attached hydrogens (tertiary/aromatic N) is 6. The highest BCUT2D eigenvalue weighted by molar-refractivity contribution is 5.93. The highest BCUT2D eigenvalue weighted by Crippen LogP contribution is 2.45. The Labute approximate surface area is 449 Å². The number of benzene rings is 3. The van der Waals surface area contributed by atoms with E-state index >= 15 is 0 Å². The maximum atomic E-state index is 6.00. The van der Waals surface area contributed by atoms with Crippen LogP contribution in [-0.2, 0) is 25.7 Å². The maximum absolute atomic E-state index is 6.00. The lowest BCUT2D eigenvalue weighted by Crippen LogP contribution is -2.16. The largest absolute Gasteiger partial charge is 0.449 e. The Morgan fingerprint density at radius 3 is 1.42 bits per heavy atom. The van der Waals surface area contributed by atoms with Crippen LogP contribution in [0.5, 0.6) is 0 Å². The van der Waals surface area contributed by atoms with Crippen molar-refractivity contribution in [3.05, 3.63) is 155 Å². The van der Waals surface area contributed by atoms with Crippen molar-refractivity contribution in [2.24, 2.45) is 23.7 Å². The molecular weight excluding hydrogens is 937 g/mol. The average molecular weight is 1010 g/mol. The van der Waals surface area contributed by atoms with Gasteiger partial charge in [-0.25, -0.2) is 24.9 Å². The van der Waals surface area contributed by atoms with Crippen LogP contribution in [0.25, 0.3) is 55.2 Å². The maximum Gasteiger partial charge on any atom is 0.194 e. The lowest BCUT2D eigenvalue weighted by molar-refractivity contribution is 0.305. The summed E-state index contributed by atoms with van der Waals surface area (Å²) in [5.41, 5.74) is 15.0. The fraction of sp³-hybridized carbons (Fsp3) is 0.463. The van der Waals surface area contributed by atoms with Gasteiger partial charge in [0.2, 0.25) is 0 Å². The Bertz CT molecular complexity index is 3450. The molecule has 0 unspecified atom stereocenters. The van der Waals surface area contributed by atoms with Crippen LogP contribution < -0.4 is 0 Å². The second-order valence-electron chi connectivity index (χ2n) is 24.3. The monoisotopic (exact) mass is 1010 g/mol. The topological polar surface area (TPSA) is 117 Å². The molecule has 3 saturated carbocycles. The Hall–Kier alpha value is -6.48. The first-order valence-corrected chi connectivity index (χ1v) is 29.1. The summed E-state index contributed by atoms with van der Waals surface area (Å²) < 4.78 is 17.9. The fourth-order valence-corrected chi connectivity index (χ4v) is 13.4. The molecule has 0 atom stereocenters. The minimum atomic E-state index is 0.364. The number of pyridine rings is 3. The minimum absolute atomic E-state index is 0.364. The third-order valence-corrected chi connectivity index (χ3v) is 17.7. The zero-order valence-corrected chi connectivity index (χ0v) is 45.7. The molecule has 0 spiro atoms. The van der Waals surface area contributed by atoms with E-state index in [9.17, 15) is 0 Å². The van der Waals surface area contributed by atoms with Crippen LogP contribution in [0.2, 0.25) is 0 Å². The van der Waals surface area contributed by atoms with Crippen molar-refractivity contribution >= 4 is 32.7 Å². The van der Waals surface area contributed by atoms with E-state index in [0.717, 1.165) is 151 Å². The van der Waals surface area contributed by atoms with E-state index < -0.39 is 0 Å². The van der Waals surface area contributed by atoms with E-state index in [-0.39, 0.29) is 0 Å². The van der Waals surface area contributed by atoms with Crippen molar-refractivity contribution < 1.29 is 13.3 Å². The molecule has 0 bridgehead atoms. The first-order chi connectivity index (χ1) is 37.0. The molecule has 0 saturated heterocycles. The fourth-order valence-electron chi connectivity index (χ4n) is 13.4. The highest BCUT2D eigenvalue weighted by Gasteiger charge is 2.30. The van der Waals surface area contributed by atoms with Gasteiger partial charge >= 0.3 is 0 Å². The lowest BCUT2D eigenvalue weighted by atomic mass is 9.76. The first-order valence-electron chi connectivity index (χ1n) is 29.1. The summed E-state index contributed by atoms with van der Waals surface area (Å²) in [5, 5.41) is 3.77. The van der Waals surface area contributed by atoms with Gasteiger partial charge in [0.1, 0.15) is 18.8 Å². The van der Waals surface area contributed by atoms with Crippen LogP contribution in [0, 0.1) is 23.7 Å². The standard InChI is InChI=1S/C67H76N6O3/c1-40(2)29-51-37-74-65(69-51)30-43-13-19-47(20-14-43)54-35-61(70-59-10-8-7-9-53(54)59)50-24-26-60-57(34-50)55(48-21-15-45(16-22-48)32-67-73-64(39-76-67)42(5)6)36-62(71-60)49-23-25-58-56(33-49)52(27-28-68-58)46-17-11-44(12-18-46)31-66-72-63(38-75-66)41(3)4/h7-10,23-28,33-48H,11-22,29-32H2,1-6H3. The second-order valence-corrected chi connectivity index (χ2v) is 24.3. The van der Waals surface area contributed by atoms with Gasteiger partial charge in [-0.05, 0) is 202 Å². The Balaban J connectivity index is 0.843. The van der Waals surface area contributed by atoms with Crippen molar-refractivity contribution in [2.75, 3.05) is 0 Å². The molecule has 6 aromatic heterocycles. The number of hydrogen-bond acceptors (Lipinski definition) is 9. The third kappa shape index (κ3) is 10.9. The predicted molar refractivity (Wildman–Crippen MR) is 305 cm³/mol. The number of hydrogen-bond donors (Lipinski definition) is 0. The average Bonchev–Trinajstić information content (AvgIpc) is 4.23. The Morgan fingerprint density at radius 2 is 0.895 bits per heavy atom. The number of rotatable bonds is 15. The number of oxazole rings is 3. The summed E-state index contributed by atoms with van der Waals surface area (Å²) >= 11 is 0. The molecule has 76 heavy (non-hydrogen) atoms. The van der Waals surface area contributed by atoms with Crippen molar-refractivity contribution in [2.45, 2.75) is 174 Å². The van der Waals surface area contributed by atoms with Crippen LogP contribution in [0.15, 0.2) is 117 Å². The molecular formula is C67H76N6O3. The van der Waals surface area contributed by atoms with Gasteiger partial charge in [0.15, 0.2) is 17.7 Å². The van der Waals surface area contributed by atoms with E-state index in [4.69, 9.17) is 43.2 Å². The van der Waals surface area contributed by atoms with E-state index in [1.165, 1.54) is 58.5 Å². The van der Waals surface area contributed by atoms with Crippen molar-refractivity contribution in [1.29, 1.82) is 0 Å². The number of fused-ring (bicyclic) bond motifs is 3. The zero-order chi connectivity index (χ0) is 51.9. The molecule has 6 heterocycles. The Morgan fingerprint density at radius 1 is 0.434 bits per heavy atom. The molecule has 0 radical (unpaired) electrons. The number of aromatic nitrogens is 6. The van der Waals surface area contributed by atoms with Gasteiger partial charge in [0.05, 0.1) is 45.0 Å². The molecule has 392 valence electrons. The Kier molecular flexibility index (Phi) is 14.5. The molecule has 3 aromatic carbocycles. The van der Waals surface area contributed by atoms with E-state index in [0.29, 0.717) is 53.3 Å². The molecule has 3 aliphatic carbocycles. The van der Waals surface area contributed by atoms with Crippen LogP contribution in [-0.4, -0.2) is 29.9 Å². The minimum Gasteiger partial charge on any atom is -0.449 e. The van der Waals surface area contributed by atoms with E-state index in [1.807, 2.05) is 25.0 Å². The summed E-state index contributed by atoms with van der Waals surface area (Å²) in [6.45, 7) is 13.2. The molecule has 9 aromatic rings.